The van der Waals surface area contributed by atoms with Crippen LogP contribution >= 0.6 is 11.6 Å². The zero-order valence-electron chi connectivity index (χ0n) is 14.1. The third-order valence-corrected chi connectivity index (χ3v) is 3.65. The molecule has 0 atom stereocenters. The van der Waals surface area contributed by atoms with Gasteiger partial charge in [0, 0.05) is 29.6 Å². The summed E-state index contributed by atoms with van der Waals surface area (Å²) in [7, 11) is 4.01. The number of halogens is 1. The van der Waals surface area contributed by atoms with Crippen LogP contribution in [-0.2, 0) is 0 Å². The standard InChI is InChI=1S/C17H22ClN5O/c1-12-9-14(18)5-6-15(12)22-17-20-10-13(11-21-17)16(24)19-7-4-8-23(2)3/h5-6,9-11H,4,7-8H2,1-3H3,(H,19,24)(H,20,21,22). The number of nitrogens with one attached hydrogen (secondary N) is 2. The Morgan fingerprint density at radius 1 is 1.25 bits per heavy atom. The molecule has 6 nitrogen and oxygen atoms in total. The van der Waals surface area contributed by atoms with Gasteiger partial charge in [-0.3, -0.25) is 4.79 Å². The highest BCUT2D eigenvalue weighted by Gasteiger charge is 2.07. The van der Waals surface area contributed by atoms with Crippen molar-refractivity contribution in [2.45, 2.75) is 13.3 Å². The summed E-state index contributed by atoms with van der Waals surface area (Å²) in [6, 6.07) is 5.53. The number of hydrogen-bond donors (Lipinski definition) is 2. The van der Waals surface area contributed by atoms with Crippen molar-refractivity contribution in [2.24, 2.45) is 0 Å². The van der Waals surface area contributed by atoms with Crippen LogP contribution in [-0.4, -0.2) is 48.0 Å². The largest absolute Gasteiger partial charge is 0.352 e. The molecule has 0 spiro atoms. The SMILES string of the molecule is Cc1cc(Cl)ccc1Nc1ncc(C(=O)NCCCN(C)C)cn1. The molecule has 2 aromatic rings. The molecular weight excluding hydrogens is 326 g/mol. The quantitative estimate of drug-likeness (QED) is 0.754. The van der Waals surface area contributed by atoms with Gasteiger partial charge in [0.2, 0.25) is 5.95 Å². The molecule has 0 saturated heterocycles. The molecule has 0 fully saturated rings. The van der Waals surface area contributed by atoms with Crippen molar-refractivity contribution in [3.8, 4) is 0 Å². The summed E-state index contributed by atoms with van der Waals surface area (Å²) in [5, 5.41) is 6.65. The number of aryl methyl sites for hydroxylation is 1. The fraction of sp³-hybridized carbons (Fsp3) is 0.353. The van der Waals surface area contributed by atoms with Gasteiger partial charge >= 0.3 is 0 Å². The van der Waals surface area contributed by atoms with E-state index in [0.29, 0.717) is 23.1 Å². The van der Waals surface area contributed by atoms with E-state index in [-0.39, 0.29) is 5.91 Å². The van der Waals surface area contributed by atoms with Crippen molar-refractivity contribution >= 4 is 29.1 Å². The van der Waals surface area contributed by atoms with E-state index in [9.17, 15) is 4.79 Å². The lowest BCUT2D eigenvalue weighted by atomic mass is 10.2. The molecule has 2 N–H and O–H groups in total. The molecule has 2 rings (SSSR count). The van der Waals surface area contributed by atoms with Crippen molar-refractivity contribution in [3.63, 3.8) is 0 Å². The summed E-state index contributed by atoms with van der Waals surface area (Å²) in [6.45, 7) is 3.50. The van der Waals surface area contributed by atoms with Crippen LogP contribution in [0.4, 0.5) is 11.6 Å². The second-order valence-corrected chi connectivity index (χ2v) is 6.23. The maximum absolute atomic E-state index is 12.0. The molecule has 0 bridgehead atoms. The minimum atomic E-state index is -0.164. The Bertz CT molecular complexity index is 688. The van der Waals surface area contributed by atoms with Crippen LogP contribution in [0.3, 0.4) is 0 Å². The minimum absolute atomic E-state index is 0.164. The number of aromatic nitrogens is 2. The average Bonchev–Trinajstić information content (AvgIpc) is 2.54. The lowest BCUT2D eigenvalue weighted by molar-refractivity contribution is 0.0951. The van der Waals surface area contributed by atoms with E-state index < -0.39 is 0 Å². The number of carbonyl (C=O) groups is 1. The second kappa shape index (κ2) is 8.61. The zero-order chi connectivity index (χ0) is 17.5. The summed E-state index contributed by atoms with van der Waals surface area (Å²) in [5.74, 6) is 0.271. The lowest BCUT2D eigenvalue weighted by Gasteiger charge is -2.10. The van der Waals surface area contributed by atoms with Crippen molar-refractivity contribution < 1.29 is 4.79 Å². The first-order valence-corrected chi connectivity index (χ1v) is 8.11. The first-order valence-electron chi connectivity index (χ1n) is 7.74. The normalized spacial score (nSPS) is 10.7. The van der Waals surface area contributed by atoms with E-state index >= 15 is 0 Å². The maximum atomic E-state index is 12.0. The number of amides is 1. The smallest absolute Gasteiger partial charge is 0.254 e. The zero-order valence-corrected chi connectivity index (χ0v) is 14.9. The molecule has 128 valence electrons. The van der Waals surface area contributed by atoms with E-state index in [1.54, 1.807) is 6.07 Å². The molecule has 0 aliphatic rings. The predicted octanol–water partition coefficient (Wildman–Crippen LogP) is 2.86. The molecule has 0 saturated carbocycles. The van der Waals surface area contributed by atoms with Gasteiger partial charge in [-0.25, -0.2) is 9.97 Å². The van der Waals surface area contributed by atoms with Crippen LogP contribution < -0.4 is 10.6 Å². The van der Waals surface area contributed by atoms with Crippen molar-refractivity contribution in [1.29, 1.82) is 0 Å². The minimum Gasteiger partial charge on any atom is -0.352 e. The van der Waals surface area contributed by atoms with Crippen molar-refractivity contribution in [3.05, 3.63) is 46.7 Å². The number of rotatable bonds is 7. The Balaban J connectivity index is 1.91. The lowest BCUT2D eigenvalue weighted by Crippen LogP contribution is -2.27. The Hall–Kier alpha value is -2.18. The number of nitrogens with zero attached hydrogens (tertiary/aromatic N) is 3. The predicted molar refractivity (Wildman–Crippen MR) is 97.0 cm³/mol. The average molecular weight is 348 g/mol. The maximum Gasteiger partial charge on any atom is 0.254 e. The van der Waals surface area contributed by atoms with Crippen molar-refractivity contribution in [2.75, 3.05) is 32.5 Å². The van der Waals surface area contributed by atoms with Gasteiger partial charge < -0.3 is 15.5 Å². The first-order chi connectivity index (χ1) is 11.5. The van der Waals surface area contributed by atoms with Crippen LogP contribution in [0.15, 0.2) is 30.6 Å². The molecule has 0 radical (unpaired) electrons. The summed E-state index contributed by atoms with van der Waals surface area (Å²) in [5.41, 5.74) is 2.31. The highest BCUT2D eigenvalue weighted by atomic mass is 35.5. The second-order valence-electron chi connectivity index (χ2n) is 5.79. The molecule has 1 aromatic heterocycles. The third-order valence-electron chi connectivity index (χ3n) is 3.42. The van der Waals surface area contributed by atoms with Gasteiger partial charge in [0.1, 0.15) is 0 Å². The van der Waals surface area contributed by atoms with Gasteiger partial charge in [0.25, 0.3) is 5.91 Å². The molecule has 1 aromatic carbocycles. The third kappa shape index (κ3) is 5.47. The Morgan fingerprint density at radius 2 is 1.96 bits per heavy atom. The molecule has 0 unspecified atom stereocenters. The molecule has 0 aliphatic heterocycles. The number of carbonyl (C=O) groups excluding carboxylic acids is 1. The van der Waals surface area contributed by atoms with Crippen molar-refractivity contribution in [1.82, 2.24) is 20.2 Å². The van der Waals surface area contributed by atoms with Gasteiger partial charge in [0.05, 0.1) is 5.56 Å². The van der Waals surface area contributed by atoms with Gasteiger partial charge in [0.15, 0.2) is 0 Å². The highest BCUT2D eigenvalue weighted by molar-refractivity contribution is 6.30. The first kappa shape index (κ1) is 18.2. The number of benzene rings is 1. The monoisotopic (exact) mass is 347 g/mol. The van der Waals surface area contributed by atoms with E-state index in [4.69, 9.17) is 11.6 Å². The van der Waals surface area contributed by atoms with Crippen LogP contribution in [0.5, 0.6) is 0 Å². The summed E-state index contributed by atoms with van der Waals surface area (Å²) in [6.07, 6.45) is 3.93. The van der Waals surface area contributed by atoms with Gasteiger partial charge in [-0.05, 0) is 57.7 Å². The van der Waals surface area contributed by atoms with Crippen LogP contribution in [0.25, 0.3) is 0 Å². The molecule has 24 heavy (non-hydrogen) atoms. The van der Waals surface area contributed by atoms with E-state index in [1.807, 2.05) is 33.2 Å². The van der Waals surface area contributed by atoms with E-state index in [2.05, 4.69) is 25.5 Å². The van der Waals surface area contributed by atoms with Crippen LogP contribution in [0, 0.1) is 6.92 Å². The topological polar surface area (TPSA) is 70.2 Å². The summed E-state index contributed by atoms with van der Waals surface area (Å²) >= 11 is 5.94. The molecule has 1 amide bonds. The molecule has 0 aliphatic carbocycles. The number of anilines is 2. The summed E-state index contributed by atoms with van der Waals surface area (Å²) in [4.78, 5) is 22.5. The Kier molecular flexibility index (Phi) is 6.52. The molecule has 1 heterocycles. The van der Waals surface area contributed by atoms with Crippen LogP contribution in [0.1, 0.15) is 22.3 Å². The van der Waals surface area contributed by atoms with Gasteiger partial charge in [-0.1, -0.05) is 11.6 Å². The van der Waals surface area contributed by atoms with Gasteiger partial charge in [-0.2, -0.15) is 0 Å². The highest BCUT2D eigenvalue weighted by Crippen LogP contribution is 2.21. The fourth-order valence-corrected chi connectivity index (χ4v) is 2.32. The van der Waals surface area contributed by atoms with Crippen LogP contribution in [0.2, 0.25) is 5.02 Å². The van der Waals surface area contributed by atoms with Gasteiger partial charge in [-0.15, -0.1) is 0 Å². The molecule has 7 heteroatoms. The fourth-order valence-electron chi connectivity index (χ4n) is 2.10. The van der Waals surface area contributed by atoms with E-state index in [0.717, 1.165) is 24.2 Å². The Morgan fingerprint density at radius 3 is 2.58 bits per heavy atom. The summed E-state index contributed by atoms with van der Waals surface area (Å²) < 4.78 is 0. The molecular formula is C17H22ClN5O. The number of hydrogen-bond acceptors (Lipinski definition) is 5. The van der Waals surface area contributed by atoms with E-state index in [1.165, 1.54) is 12.4 Å². The Labute approximate surface area is 147 Å².